The summed E-state index contributed by atoms with van der Waals surface area (Å²) >= 11 is 0. The molecule has 0 saturated carbocycles. The van der Waals surface area contributed by atoms with Crippen LogP contribution in [-0.4, -0.2) is 19.5 Å². The summed E-state index contributed by atoms with van der Waals surface area (Å²) < 4.78 is 44.1. The summed E-state index contributed by atoms with van der Waals surface area (Å²) in [5.74, 6) is -1.32. The third kappa shape index (κ3) is 3.47. The van der Waals surface area contributed by atoms with E-state index >= 15 is 0 Å². The monoisotopic (exact) mass is 313 g/mol. The Morgan fingerprint density at radius 1 is 1.33 bits per heavy atom. The lowest BCUT2D eigenvalue weighted by Gasteiger charge is -2.05. The van der Waals surface area contributed by atoms with Crippen molar-refractivity contribution < 1.29 is 27.1 Å². The average molecular weight is 313 g/mol. The van der Waals surface area contributed by atoms with E-state index < -0.39 is 21.8 Å². The first-order valence-electron chi connectivity index (χ1n) is 5.87. The van der Waals surface area contributed by atoms with E-state index in [1.165, 1.54) is 13.0 Å². The number of sulfonamides is 1. The van der Waals surface area contributed by atoms with Crippen LogP contribution in [0.25, 0.3) is 0 Å². The van der Waals surface area contributed by atoms with Gasteiger partial charge in [-0.05, 0) is 37.3 Å². The van der Waals surface area contributed by atoms with Crippen molar-refractivity contribution in [2.75, 3.05) is 0 Å². The molecule has 112 valence electrons. The summed E-state index contributed by atoms with van der Waals surface area (Å²) in [6.45, 7) is 1.27. The molecule has 0 fully saturated rings. The highest BCUT2D eigenvalue weighted by Gasteiger charge is 2.17. The Balaban J connectivity index is 2.13. The van der Waals surface area contributed by atoms with Crippen LogP contribution < -0.4 is 4.72 Å². The summed E-state index contributed by atoms with van der Waals surface area (Å²) in [6.07, 6.45) is 0. The van der Waals surface area contributed by atoms with Crippen molar-refractivity contribution in [3.05, 3.63) is 53.2 Å². The number of aryl methyl sites for hydroxylation is 1. The van der Waals surface area contributed by atoms with Crippen molar-refractivity contribution in [3.63, 3.8) is 0 Å². The zero-order chi connectivity index (χ0) is 15.6. The second-order valence-corrected chi connectivity index (χ2v) is 6.03. The normalized spacial score (nSPS) is 11.5. The molecule has 2 N–H and O–H groups in total. The maximum atomic E-state index is 12.8. The van der Waals surface area contributed by atoms with Gasteiger partial charge in [-0.15, -0.1) is 0 Å². The molecule has 2 aromatic rings. The molecule has 1 heterocycles. The lowest BCUT2D eigenvalue weighted by molar-refractivity contribution is 0.0695. The van der Waals surface area contributed by atoms with Gasteiger partial charge in [-0.3, -0.25) is 0 Å². The van der Waals surface area contributed by atoms with E-state index in [9.17, 15) is 17.6 Å². The largest absolute Gasteiger partial charge is 0.478 e. The highest BCUT2D eigenvalue weighted by atomic mass is 32.2. The van der Waals surface area contributed by atoms with Gasteiger partial charge in [0.25, 0.3) is 0 Å². The molecule has 2 rings (SSSR count). The molecule has 0 radical (unpaired) electrons. The van der Waals surface area contributed by atoms with E-state index in [0.717, 1.165) is 24.3 Å². The zero-order valence-corrected chi connectivity index (χ0v) is 11.8. The lowest BCUT2D eigenvalue weighted by Crippen LogP contribution is -2.23. The van der Waals surface area contributed by atoms with E-state index in [-0.39, 0.29) is 28.5 Å². The Bertz CT molecular complexity index is 764. The molecule has 0 amide bonds. The quantitative estimate of drug-likeness (QED) is 0.879. The molecule has 0 bridgehead atoms. The fourth-order valence-electron chi connectivity index (χ4n) is 1.71. The molecule has 0 saturated heterocycles. The van der Waals surface area contributed by atoms with E-state index in [2.05, 4.69) is 4.72 Å². The van der Waals surface area contributed by atoms with Crippen LogP contribution >= 0.6 is 0 Å². The van der Waals surface area contributed by atoms with Crippen LogP contribution in [0.2, 0.25) is 0 Å². The number of aromatic carboxylic acids is 1. The number of carbonyl (C=O) groups is 1. The molecule has 8 heteroatoms. The molecule has 6 nitrogen and oxygen atoms in total. The topological polar surface area (TPSA) is 96.6 Å². The molecule has 0 aliphatic carbocycles. The zero-order valence-electron chi connectivity index (χ0n) is 11.0. The summed E-state index contributed by atoms with van der Waals surface area (Å²) in [5, 5.41) is 8.88. The third-order valence-electron chi connectivity index (χ3n) is 2.76. The predicted molar refractivity (Wildman–Crippen MR) is 70.8 cm³/mol. The number of carboxylic acids is 1. The number of carboxylic acid groups (broad SMARTS) is 1. The Kier molecular flexibility index (Phi) is 4.10. The molecular weight excluding hydrogens is 301 g/mol. The molecule has 0 unspecified atom stereocenters. The first-order chi connectivity index (χ1) is 9.79. The van der Waals surface area contributed by atoms with E-state index in [0.29, 0.717) is 0 Å². The predicted octanol–water partition coefficient (Wildman–Crippen LogP) is 1.90. The van der Waals surface area contributed by atoms with Gasteiger partial charge in [-0.25, -0.2) is 22.3 Å². The highest BCUT2D eigenvalue weighted by Crippen LogP contribution is 2.16. The number of nitrogens with one attached hydrogen (secondary N) is 1. The summed E-state index contributed by atoms with van der Waals surface area (Å²) in [6, 6.07) is 5.59. The number of benzene rings is 1. The second-order valence-electron chi connectivity index (χ2n) is 4.27. The lowest BCUT2D eigenvalue weighted by atomic mass is 10.2. The molecular formula is C13H12FNO5S. The van der Waals surface area contributed by atoms with Crippen LogP contribution in [-0.2, 0) is 16.6 Å². The van der Waals surface area contributed by atoms with Gasteiger partial charge in [0, 0.05) is 0 Å². The Labute approximate surface area is 120 Å². The number of furan rings is 1. The van der Waals surface area contributed by atoms with Gasteiger partial charge < -0.3 is 9.52 Å². The van der Waals surface area contributed by atoms with Crippen molar-refractivity contribution in [2.24, 2.45) is 0 Å². The maximum Gasteiger partial charge on any atom is 0.339 e. The van der Waals surface area contributed by atoms with Crippen LogP contribution in [0.1, 0.15) is 21.9 Å². The Morgan fingerprint density at radius 3 is 2.48 bits per heavy atom. The Morgan fingerprint density at radius 2 is 1.95 bits per heavy atom. The molecule has 0 spiro atoms. The SMILES string of the molecule is Cc1oc(CNS(=O)(=O)c2ccc(F)cc2)cc1C(=O)O. The number of hydrogen-bond acceptors (Lipinski definition) is 4. The van der Waals surface area contributed by atoms with Crippen LogP contribution in [0, 0.1) is 12.7 Å². The van der Waals surface area contributed by atoms with Gasteiger partial charge in [0.1, 0.15) is 22.9 Å². The van der Waals surface area contributed by atoms with Crippen LogP contribution in [0.4, 0.5) is 4.39 Å². The summed E-state index contributed by atoms with van der Waals surface area (Å²) in [4.78, 5) is 10.8. The number of halogens is 1. The van der Waals surface area contributed by atoms with E-state index in [1.807, 2.05) is 0 Å². The molecule has 21 heavy (non-hydrogen) atoms. The van der Waals surface area contributed by atoms with Gasteiger partial charge in [0.15, 0.2) is 0 Å². The van der Waals surface area contributed by atoms with Crippen LogP contribution in [0.5, 0.6) is 0 Å². The Hall–Kier alpha value is -2.19. The van der Waals surface area contributed by atoms with Crippen molar-refractivity contribution in [3.8, 4) is 0 Å². The minimum atomic E-state index is -3.82. The van der Waals surface area contributed by atoms with Gasteiger partial charge in [0.2, 0.25) is 10.0 Å². The van der Waals surface area contributed by atoms with Crippen molar-refractivity contribution in [2.45, 2.75) is 18.4 Å². The van der Waals surface area contributed by atoms with E-state index in [1.54, 1.807) is 0 Å². The van der Waals surface area contributed by atoms with Crippen molar-refractivity contribution in [1.29, 1.82) is 0 Å². The maximum absolute atomic E-state index is 12.8. The van der Waals surface area contributed by atoms with Gasteiger partial charge in [-0.2, -0.15) is 0 Å². The fourth-order valence-corrected chi connectivity index (χ4v) is 2.70. The molecule has 1 aromatic carbocycles. The van der Waals surface area contributed by atoms with Gasteiger partial charge >= 0.3 is 5.97 Å². The summed E-state index contributed by atoms with van der Waals surface area (Å²) in [7, 11) is -3.82. The number of hydrogen-bond donors (Lipinski definition) is 2. The second kappa shape index (κ2) is 5.66. The third-order valence-corrected chi connectivity index (χ3v) is 4.18. The first kappa shape index (κ1) is 15.2. The van der Waals surface area contributed by atoms with Crippen molar-refractivity contribution >= 4 is 16.0 Å². The minimum absolute atomic E-state index is 0.0222. The minimum Gasteiger partial charge on any atom is -0.478 e. The molecule has 0 atom stereocenters. The average Bonchev–Trinajstić information content (AvgIpc) is 2.79. The first-order valence-corrected chi connectivity index (χ1v) is 7.36. The van der Waals surface area contributed by atoms with Crippen LogP contribution in [0.3, 0.4) is 0 Å². The van der Waals surface area contributed by atoms with Gasteiger partial charge in [0.05, 0.1) is 11.4 Å². The number of rotatable bonds is 5. The van der Waals surface area contributed by atoms with E-state index in [4.69, 9.17) is 9.52 Å². The molecule has 0 aliphatic heterocycles. The fraction of sp³-hybridized carbons (Fsp3) is 0.154. The molecule has 0 aliphatic rings. The van der Waals surface area contributed by atoms with Crippen molar-refractivity contribution in [1.82, 2.24) is 4.72 Å². The standard InChI is InChI=1S/C13H12FNO5S/c1-8-12(13(16)17)6-10(20-8)7-15-21(18,19)11-4-2-9(14)3-5-11/h2-6,15H,7H2,1H3,(H,16,17). The summed E-state index contributed by atoms with van der Waals surface area (Å²) in [5.41, 5.74) is -0.0222. The smallest absolute Gasteiger partial charge is 0.339 e. The highest BCUT2D eigenvalue weighted by molar-refractivity contribution is 7.89. The van der Waals surface area contributed by atoms with Gasteiger partial charge in [-0.1, -0.05) is 0 Å². The molecule has 1 aromatic heterocycles. The van der Waals surface area contributed by atoms with Crippen LogP contribution in [0.15, 0.2) is 39.6 Å².